The van der Waals surface area contributed by atoms with Crippen LogP contribution in [0.15, 0.2) is 35.6 Å². The number of ether oxygens (including phenoxy) is 1. The number of nitrogens with two attached hydrogens (primary N) is 1. The molecule has 2 aromatic rings. The zero-order valence-electron chi connectivity index (χ0n) is 14.4. The highest BCUT2D eigenvalue weighted by Crippen LogP contribution is 2.41. The van der Waals surface area contributed by atoms with Crippen molar-refractivity contribution in [2.75, 3.05) is 11.5 Å². The molecule has 2 aliphatic rings. The van der Waals surface area contributed by atoms with Gasteiger partial charge in [0.1, 0.15) is 23.4 Å². The number of hydrogen-bond acceptors (Lipinski definition) is 12. The van der Waals surface area contributed by atoms with E-state index in [0.717, 1.165) is 9.91 Å². The Morgan fingerprint density at radius 2 is 2.29 bits per heavy atom. The Bertz CT molecular complexity index is 998. The molecule has 0 bridgehead atoms. The van der Waals surface area contributed by atoms with E-state index in [9.17, 15) is 14.4 Å². The molecule has 4 rings (SSSR count). The van der Waals surface area contributed by atoms with Crippen LogP contribution in [0.1, 0.15) is 11.5 Å². The van der Waals surface area contributed by atoms with Crippen LogP contribution in [0.2, 0.25) is 0 Å². The Morgan fingerprint density at radius 1 is 1.46 bits per heavy atom. The maximum Gasteiger partial charge on any atom is 0.519 e. The fourth-order valence-corrected chi connectivity index (χ4v) is 5.64. The summed E-state index contributed by atoms with van der Waals surface area (Å²) >= 11 is 4.18. The van der Waals surface area contributed by atoms with Crippen molar-refractivity contribution >= 4 is 46.9 Å². The topological polar surface area (TPSA) is 142 Å². The van der Waals surface area contributed by atoms with Crippen LogP contribution < -0.4 is 11.6 Å². The molecule has 13 heteroatoms. The summed E-state index contributed by atoms with van der Waals surface area (Å²) in [6.45, 7) is 1.26. The Balaban J connectivity index is 1.55. The first kappa shape index (κ1) is 19.2. The van der Waals surface area contributed by atoms with Crippen LogP contribution in [0, 0.1) is 6.92 Å². The van der Waals surface area contributed by atoms with Crippen LogP contribution in [0.5, 0.6) is 0 Å². The highest BCUT2D eigenvalue weighted by molar-refractivity contribution is 8.01. The second kappa shape index (κ2) is 7.73. The van der Waals surface area contributed by atoms with Crippen molar-refractivity contribution in [1.29, 1.82) is 0 Å². The van der Waals surface area contributed by atoms with Crippen LogP contribution in [0.3, 0.4) is 0 Å². The van der Waals surface area contributed by atoms with Crippen LogP contribution in [-0.4, -0.2) is 49.1 Å². The molecule has 2 aromatic heterocycles. The second-order valence-electron chi connectivity index (χ2n) is 5.89. The van der Waals surface area contributed by atoms with Crippen LogP contribution in [0.4, 0.5) is 0 Å². The molecule has 2 aliphatic heterocycles. The number of aromatic nitrogens is 2. The molecule has 1 amide bonds. The number of amides is 1. The van der Waals surface area contributed by atoms with Crippen molar-refractivity contribution < 1.29 is 23.2 Å². The van der Waals surface area contributed by atoms with Crippen molar-refractivity contribution in [2.45, 2.75) is 29.3 Å². The Kier molecular flexibility index (Phi) is 5.31. The van der Waals surface area contributed by atoms with Gasteiger partial charge in [-0.3, -0.25) is 9.69 Å². The molecule has 1 saturated heterocycles. The lowest BCUT2D eigenvalue weighted by atomic mass is 10.0. The van der Waals surface area contributed by atoms with Gasteiger partial charge >= 0.3 is 11.8 Å². The first-order valence-corrected chi connectivity index (χ1v) is 10.8. The van der Waals surface area contributed by atoms with Crippen molar-refractivity contribution in [3.8, 4) is 0 Å². The van der Waals surface area contributed by atoms with Gasteiger partial charge < -0.3 is 19.3 Å². The lowest BCUT2D eigenvalue weighted by molar-refractivity contribution is -0.151. The maximum absolute atomic E-state index is 12.8. The summed E-state index contributed by atoms with van der Waals surface area (Å²) < 4.78 is 19.6. The van der Waals surface area contributed by atoms with E-state index in [1.165, 1.54) is 53.2 Å². The normalized spacial score (nSPS) is 21.5. The van der Waals surface area contributed by atoms with Crippen molar-refractivity contribution in [3.63, 3.8) is 0 Å². The second-order valence-corrected chi connectivity index (χ2v) is 9.00. The summed E-state index contributed by atoms with van der Waals surface area (Å²) in [7, 11) is 0. The number of hydrogen-bond donors (Lipinski definition) is 1. The SMILES string of the molecule is Cc1oc(=O)oc1COC(=O)C1=C(CSc2ncns2)CS[C@H]2C(N)C(=O)N12. The summed E-state index contributed by atoms with van der Waals surface area (Å²) in [4.78, 5) is 41.7. The molecule has 1 unspecified atom stereocenters. The van der Waals surface area contributed by atoms with Gasteiger partial charge in [-0.25, -0.2) is 14.6 Å². The quantitative estimate of drug-likeness (QED) is 0.384. The highest BCUT2D eigenvalue weighted by atomic mass is 32.2. The molecule has 0 saturated carbocycles. The molecule has 0 aromatic carbocycles. The number of nitrogens with zero attached hydrogens (tertiary/aromatic N) is 3. The highest BCUT2D eigenvalue weighted by Gasteiger charge is 2.52. The van der Waals surface area contributed by atoms with E-state index in [0.29, 0.717) is 11.5 Å². The standard InChI is InChI=1S/C15H14N4O6S3/c1-6-8(25-15(22)24-6)2-23-13(21)10-7(4-27-14-17-5-18-28-14)3-26-12-9(16)11(20)19(10)12/h5,9,12H,2-4,16H2,1H3/t9?,12-/m0/s1. The average molecular weight is 443 g/mol. The van der Waals surface area contributed by atoms with Gasteiger partial charge in [-0.15, -0.1) is 11.8 Å². The zero-order chi connectivity index (χ0) is 19.8. The predicted octanol–water partition coefficient (Wildman–Crippen LogP) is 0.725. The number of rotatable bonds is 6. The van der Waals surface area contributed by atoms with Gasteiger partial charge in [-0.2, -0.15) is 4.37 Å². The van der Waals surface area contributed by atoms with E-state index in [4.69, 9.17) is 19.3 Å². The van der Waals surface area contributed by atoms with Crippen molar-refractivity contribution in [1.82, 2.24) is 14.3 Å². The smallest absolute Gasteiger partial charge is 0.453 e. The van der Waals surface area contributed by atoms with Crippen molar-refractivity contribution in [2.24, 2.45) is 5.73 Å². The molecule has 1 fully saturated rings. The van der Waals surface area contributed by atoms with E-state index >= 15 is 0 Å². The fraction of sp³-hybridized carbons (Fsp3) is 0.400. The van der Waals surface area contributed by atoms with Crippen LogP contribution in [0.25, 0.3) is 0 Å². The molecular weight excluding hydrogens is 428 g/mol. The minimum Gasteiger partial charge on any atom is -0.453 e. The summed E-state index contributed by atoms with van der Waals surface area (Å²) in [5.74, 6) is -0.517. The summed E-state index contributed by atoms with van der Waals surface area (Å²) in [6, 6.07) is -0.640. The third kappa shape index (κ3) is 3.50. The average Bonchev–Trinajstić information content (AvgIpc) is 3.32. The Labute approximate surface area is 170 Å². The fourth-order valence-electron chi connectivity index (χ4n) is 2.76. The Morgan fingerprint density at radius 3 is 2.96 bits per heavy atom. The Hall–Kier alpha value is -2.09. The van der Waals surface area contributed by atoms with E-state index in [-0.39, 0.29) is 35.1 Å². The lowest BCUT2D eigenvalue weighted by Gasteiger charge is -2.48. The van der Waals surface area contributed by atoms with Gasteiger partial charge in [-0.05, 0) is 24.0 Å². The van der Waals surface area contributed by atoms with Gasteiger partial charge in [0.2, 0.25) is 5.91 Å². The maximum atomic E-state index is 12.8. The lowest BCUT2D eigenvalue weighted by Crippen LogP contribution is -2.68. The number of esters is 1. The minimum atomic E-state index is -0.866. The predicted molar refractivity (Wildman–Crippen MR) is 101 cm³/mol. The number of thioether (sulfide) groups is 2. The van der Waals surface area contributed by atoms with Gasteiger partial charge in [0.15, 0.2) is 22.5 Å². The number of aryl methyl sites for hydroxylation is 1. The van der Waals surface area contributed by atoms with E-state index in [2.05, 4.69) is 9.36 Å². The molecule has 0 aliphatic carbocycles. The van der Waals surface area contributed by atoms with Crippen LogP contribution >= 0.6 is 35.1 Å². The molecule has 2 atom stereocenters. The summed E-state index contributed by atoms with van der Waals surface area (Å²) in [5, 5.41) is -0.293. The van der Waals surface area contributed by atoms with E-state index in [1.807, 2.05) is 0 Å². The first-order chi connectivity index (χ1) is 13.5. The van der Waals surface area contributed by atoms with Crippen molar-refractivity contribution in [3.05, 3.63) is 39.7 Å². The molecule has 4 heterocycles. The third-order valence-electron chi connectivity index (χ3n) is 4.16. The number of β-lactam (4-membered cyclic amide) rings is 1. The number of carbonyl (C=O) groups is 2. The molecular formula is C15H14N4O6S3. The largest absolute Gasteiger partial charge is 0.519 e. The number of carbonyl (C=O) groups excluding carboxylic acids is 2. The molecule has 10 nitrogen and oxygen atoms in total. The molecule has 28 heavy (non-hydrogen) atoms. The number of fused-ring (bicyclic) bond motifs is 1. The molecule has 0 radical (unpaired) electrons. The van der Waals surface area contributed by atoms with Crippen LogP contribution in [-0.2, 0) is 20.9 Å². The monoisotopic (exact) mass is 442 g/mol. The van der Waals surface area contributed by atoms with Gasteiger partial charge in [-0.1, -0.05) is 11.8 Å². The molecule has 2 N–H and O–H groups in total. The minimum absolute atomic E-state index is 0.122. The molecule has 0 spiro atoms. The van der Waals surface area contributed by atoms with Gasteiger partial charge in [0.05, 0.1) is 0 Å². The summed E-state index contributed by atoms with van der Waals surface area (Å²) in [5.41, 5.74) is 6.79. The summed E-state index contributed by atoms with van der Waals surface area (Å²) in [6.07, 6.45) is 1.46. The zero-order valence-corrected chi connectivity index (χ0v) is 16.9. The first-order valence-electron chi connectivity index (χ1n) is 8.04. The van der Waals surface area contributed by atoms with Gasteiger partial charge in [0.25, 0.3) is 0 Å². The third-order valence-corrected chi connectivity index (χ3v) is 7.41. The van der Waals surface area contributed by atoms with E-state index in [1.54, 1.807) is 0 Å². The van der Waals surface area contributed by atoms with Gasteiger partial charge in [0, 0.05) is 11.5 Å². The molecule has 148 valence electrons. The van der Waals surface area contributed by atoms with E-state index < -0.39 is 17.8 Å².